The molecule has 0 aromatic heterocycles. The average molecular weight is 220 g/mol. The summed E-state index contributed by atoms with van der Waals surface area (Å²) in [6.07, 6.45) is 11.1. The van der Waals surface area contributed by atoms with E-state index in [1.165, 1.54) is 4.91 Å². The molecule has 1 aliphatic carbocycles. The Labute approximate surface area is 95.6 Å². The van der Waals surface area contributed by atoms with Crippen molar-refractivity contribution in [2.45, 2.75) is 25.2 Å². The number of allylic oxidation sites excluding steroid dienone is 4. The van der Waals surface area contributed by atoms with Gasteiger partial charge in [0.05, 0.1) is 6.10 Å². The molecule has 0 saturated carbocycles. The van der Waals surface area contributed by atoms with Gasteiger partial charge in [-0.3, -0.25) is 0 Å². The lowest BCUT2D eigenvalue weighted by atomic mass is 10.0. The Morgan fingerprint density at radius 3 is 2.80 bits per heavy atom. The van der Waals surface area contributed by atoms with Gasteiger partial charge in [-0.2, -0.15) is 0 Å². The van der Waals surface area contributed by atoms with Crippen molar-refractivity contribution in [3.63, 3.8) is 0 Å². The minimum Gasteiger partial charge on any atom is -0.490 e. The lowest BCUT2D eigenvalue weighted by Gasteiger charge is -2.14. The largest absolute Gasteiger partial charge is 0.490 e. The zero-order valence-electron chi connectivity index (χ0n) is 9.14. The molecule has 2 unspecified atom stereocenters. The molecule has 0 fully saturated rings. The first-order valence-electron chi connectivity index (χ1n) is 5.26. The van der Waals surface area contributed by atoms with Gasteiger partial charge < -0.3 is 4.74 Å². The van der Waals surface area contributed by atoms with Crippen molar-refractivity contribution in [2.24, 2.45) is 5.92 Å². The van der Waals surface area contributed by atoms with Gasteiger partial charge >= 0.3 is 0 Å². The van der Waals surface area contributed by atoms with Crippen molar-refractivity contribution in [1.82, 2.24) is 0 Å². The smallest absolute Gasteiger partial charge is 0.125 e. The van der Waals surface area contributed by atoms with Crippen LogP contribution in [-0.2, 0) is 4.74 Å². The second kappa shape index (κ2) is 4.31. The number of thioether (sulfide) groups is 1. The van der Waals surface area contributed by atoms with Crippen LogP contribution in [0.1, 0.15) is 13.8 Å². The molecule has 0 bridgehead atoms. The highest BCUT2D eigenvalue weighted by Crippen LogP contribution is 2.42. The predicted molar refractivity (Wildman–Crippen MR) is 66.6 cm³/mol. The van der Waals surface area contributed by atoms with Crippen LogP contribution in [0.25, 0.3) is 0 Å². The van der Waals surface area contributed by atoms with Crippen molar-refractivity contribution >= 4 is 11.8 Å². The Hall–Kier alpha value is -0.890. The van der Waals surface area contributed by atoms with Gasteiger partial charge in [0.25, 0.3) is 0 Å². The van der Waals surface area contributed by atoms with Crippen LogP contribution in [0.2, 0.25) is 0 Å². The van der Waals surface area contributed by atoms with Crippen LogP contribution in [0.3, 0.4) is 0 Å². The standard InChI is InChI=1S/C13H16OS/c1-9(2)14-10(3)13-8-11-6-4-5-7-12(11)15-13/h4-9,11-12H,3H2,1-2H3. The summed E-state index contributed by atoms with van der Waals surface area (Å²) in [6, 6.07) is 0. The molecule has 2 heteroatoms. The van der Waals surface area contributed by atoms with E-state index < -0.39 is 0 Å². The van der Waals surface area contributed by atoms with Gasteiger partial charge in [0.2, 0.25) is 0 Å². The van der Waals surface area contributed by atoms with E-state index in [1.807, 2.05) is 25.6 Å². The van der Waals surface area contributed by atoms with Crippen LogP contribution >= 0.6 is 11.8 Å². The van der Waals surface area contributed by atoms with Gasteiger partial charge in [0.15, 0.2) is 0 Å². The molecule has 1 heterocycles. The van der Waals surface area contributed by atoms with E-state index >= 15 is 0 Å². The highest BCUT2D eigenvalue weighted by Gasteiger charge is 2.27. The molecule has 80 valence electrons. The molecular formula is C13H16OS. The topological polar surface area (TPSA) is 9.23 Å². The van der Waals surface area contributed by atoms with Crippen LogP contribution < -0.4 is 0 Å². The first-order chi connectivity index (χ1) is 7.16. The fraction of sp³-hybridized carbons (Fsp3) is 0.385. The zero-order chi connectivity index (χ0) is 10.8. The molecule has 0 aromatic rings. The molecular weight excluding hydrogens is 204 g/mol. The number of hydrogen-bond donors (Lipinski definition) is 0. The van der Waals surface area contributed by atoms with E-state index in [0.717, 1.165) is 5.76 Å². The molecule has 0 amide bonds. The van der Waals surface area contributed by atoms with Gasteiger partial charge in [0, 0.05) is 16.1 Å². The number of ether oxygens (including phenoxy) is 1. The van der Waals surface area contributed by atoms with Gasteiger partial charge in [0.1, 0.15) is 5.76 Å². The summed E-state index contributed by atoms with van der Waals surface area (Å²) in [5.74, 6) is 1.33. The van der Waals surface area contributed by atoms with Gasteiger partial charge in [-0.1, -0.05) is 37.0 Å². The normalized spacial score (nSPS) is 27.8. The summed E-state index contributed by atoms with van der Waals surface area (Å²) < 4.78 is 5.61. The van der Waals surface area contributed by atoms with E-state index in [2.05, 4.69) is 37.0 Å². The number of fused-ring (bicyclic) bond motifs is 1. The highest BCUT2D eigenvalue weighted by atomic mass is 32.2. The Balaban J connectivity index is 2.04. The lowest BCUT2D eigenvalue weighted by molar-refractivity contribution is 0.158. The summed E-state index contributed by atoms with van der Waals surface area (Å²) in [4.78, 5) is 1.19. The minimum absolute atomic E-state index is 0.202. The summed E-state index contributed by atoms with van der Waals surface area (Å²) in [5, 5.41) is 0.539. The molecule has 1 aliphatic heterocycles. The first kappa shape index (κ1) is 10.6. The van der Waals surface area contributed by atoms with E-state index in [0.29, 0.717) is 11.2 Å². The van der Waals surface area contributed by atoms with E-state index in [1.54, 1.807) is 0 Å². The molecule has 2 rings (SSSR count). The third-order valence-electron chi connectivity index (χ3n) is 2.38. The predicted octanol–water partition coefficient (Wildman–Crippen LogP) is 3.67. The molecule has 0 spiro atoms. The monoisotopic (exact) mass is 220 g/mol. The minimum atomic E-state index is 0.202. The van der Waals surface area contributed by atoms with Crippen LogP contribution in [0.5, 0.6) is 0 Å². The SMILES string of the molecule is C=C(OC(C)C)C1=CC2C=CC=CC2S1. The molecule has 0 saturated heterocycles. The molecule has 2 atom stereocenters. The van der Waals surface area contributed by atoms with E-state index in [-0.39, 0.29) is 6.10 Å². The van der Waals surface area contributed by atoms with Crippen molar-refractivity contribution in [1.29, 1.82) is 0 Å². The van der Waals surface area contributed by atoms with Gasteiger partial charge in [-0.15, -0.1) is 11.8 Å². The summed E-state index contributed by atoms with van der Waals surface area (Å²) in [6.45, 7) is 8.03. The van der Waals surface area contributed by atoms with E-state index in [9.17, 15) is 0 Å². The van der Waals surface area contributed by atoms with Crippen LogP contribution in [0.4, 0.5) is 0 Å². The van der Waals surface area contributed by atoms with E-state index in [4.69, 9.17) is 4.74 Å². The second-order valence-electron chi connectivity index (χ2n) is 4.05. The van der Waals surface area contributed by atoms with Crippen LogP contribution in [0, 0.1) is 5.92 Å². The summed E-state index contributed by atoms with van der Waals surface area (Å²) in [5.41, 5.74) is 0. The Kier molecular flexibility index (Phi) is 3.06. The van der Waals surface area contributed by atoms with Crippen LogP contribution in [-0.4, -0.2) is 11.4 Å². The fourth-order valence-electron chi connectivity index (χ4n) is 1.73. The average Bonchev–Trinajstić information content (AvgIpc) is 2.59. The number of rotatable bonds is 3. The molecule has 0 N–H and O–H groups in total. The van der Waals surface area contributed by atoms with Crippen molar-refractivity contribution in [2.75, 3.05) is 0 Å². The molecule has 2 aliphatic rings. The van der Waals surface area contributed by atoms with Crippen molar-refractivity contribution in [3.8, 4) is 0 Å². The molecule has 1 nitrogen and oxygen atoms in total. The second-order valence-corrected chi connectivity index (χ2v) is 5.27. The maximum absolute atomic E-state index is 5.61. The third-order valence-corrected chi connectivity index (χ3v) is 3.75. The zero-order valence-corrected chi connectivity index (χ0v) is 9.96. The maximum Gasteiger partial charge on any atom is 0.125 e. The molecule has 0 aromatic carbocycles. The molecule has 0 radical (unpaired) electrons. The third kappa shape index (κ3) is 2.37. The summed E-state index contributed by atoms with van der Waals surface area (Å²) in [7, 11) is 0. The fourth-order valence-corrected chi connectivity index (χ4v) is 2.94. The Morgan fingerprint density at radius 2 is 2.13 bits per heavy atom. The Bertz CT molecular complexity index is 350. The maximum atomic E-state index is 5.61. The highest BCUT2D eigenvalue weighted by molar-refractivity contribution is 8.04. The molecule has 15 heavy (non-hydrogen) atoms. The van der Waals surface area contributed by atoms with Crippen molar-refractivity contribution in [3.05, 3.63) is 47.6 Å². The summed E-state index contributed by atoms with van der Waals surface area (Å²) >= 11 is 1.84. The van der Waals surface area contributed by atoms with Crippen LogP contribution in [0.15, 0.2) is 47.6 Å². The number of hydrogen-bond acceptors (Lipinski definition) is 2. The van der Waals surface area contributed by atoms with Gasteiger partial charge in [-0.05, 0) is 13.8 Å². The van der Waals surface area contributed by atoms with Crippen molar-refractivity contribution < 1.29 is 4.74 Å². The Morgan fingerprint density at radius 1 is 1.40 bits per heavy atom. The first-order valence-corrected chi connectivity index (χ1v) is 6.14. The quantitative estimate of drug-likeness (QED) is 0.671. The lowest BCUT2D eigenvalue weighted by Crippen LogP contribution is -2.07. The van der Waals surface area contributed by atoms with Gasteiger partial charge in [-0.25, -0.2) is 0 Å².